The largest absolute Gasteiger partial charge is 0.476 e. The number of hydrogen-bond donors (Lipinski definition) is 4. The van der Waals surface area contributed by atoms with E-state index in [4.69, 9.17) is 30.6 Å². The number of carboxylic acid groups (broad SMARTS) is 1. The van der Waals surface area contributed by atoms with Gasteiger partial charge in [-0.25, -0.2) is 9.78 Å². The Bertz CT molecular complexity index is 1140. The monoisotopic (exact) mass is 577 g/mol. The number of carboxylic acids is 1. The number of pyridine rings is 1. The van der Waals surface area contributed by atoms with Crippen LogP contribution < -0.4 is 9.67 Å². The van der Waals surface area contributed by atoms with Gasteiger partial charge >= 0.3 is 94.4 Å². The van der Waals surface area contributed by atoms with E-state index in [1.165, 1.54) is 43.5 Å². The van der Waals surface area contributed by atoms with Crippen molar-refractivity contribution in [2.24, 2.45) is 0 Å². The van der Waals surface area contributed by atoms with E-state index < -0.39 is 20.1 Å². The molecule has 0 aliphatic carbocycles. The van der Waals surface area contributed by atoms with Gasteiger partial charge in [0.2, 0.25) is 0 Å². The third-order valence-electron chi connectivity index (χ3n) is 3.47. The Kier molecular flexibility index (Phi) is 8.57. The molecule has 0 bridgehead atoms. The predicted molar refractivity (Wildman–Crippen MR) is 112 cm³/mol. The van der Waals surface area contributed by atoms with Crippen molar-refractivity contribution in [3.8, 4) is 11.3 Å². The summed E-state index contributed by atoms with van der Waals surface area (Å²) in [6, 6.07) is 8.56. The average Bonchev–Trinajstić information content (AvgIpc) is 3.14. The van der Waals surface area contributed by atoms with Crippen molar-refractivity contribution in [1.29, 1.82) is 0 Å². The van der Waals surface area contributed by atoms with Crippen molar-refractivity contribution in [3.63, 3.8) is 0 Å². The summed E-state index contributed by atoms with van der Waals surface area (Å²) in [5.41, 5.74) is 1.29. The number of aromatic nitrogens is 2. The number of benzene rings is 1. The molecule has 1 atom stereocenters. The fraction of sp³-hybridized carbons (Fsp3) is 0.0588. The maximum Gasteiger partial charge on any atom is 0.356 e. The van der Waals surface area contributed by atoms with Gasteiger partial charge in [-0.15, -0.1) is 0 Å². The summed E-state index contributed by atoms with van der Waals surface area (Å²) >= 11 is 4.09. The van der Waals surface area contributed by atoms with E-state index in [0.29, 0.717) is 21.5 Å². The van der Waals surface area contributed by atoms with Crippen LogP contribution in [-0.4, -0.2) is 50.6 Å². The number of hydrogen-bond acceptors (Lipinski definition) is 8. The summed E-state index contributed by atoms with van der Waals surface area (Å²) in [4.78, 5) is 25.4. The van der Waals surface area contributed by atoms with Gasteiger partial charge in [0.1, 0.15) is 6.26 Å². The molecule has 0 aliphatic heterocycles. The van der Waals surface area contributed by atoms with Crippen molar-refractivity contribution >= 4 is 63.6 Å². The zero-order valence-corrected chi connectivity index (χ0v) is 19.7. The molecule has 1 amide bonds. The van der Waals surface area contributed by atoms with Gasteiger partial charge in [-0.1, -0.05) is 16.8 Å². The van der Waals surface area contributed by atoms with Gasteiger partial charge in [-0.2, -0.15) is 0 Å². The number of amides is 1. The van der Waals surface area contributed by atoms with Gasteiger partial charge in [-0.3, -0.25) is 0 Å². The minimum atomic E-state index is -4.76. The van der Waals surface area contributed by atoms with E-state index in [1.807, 2.05) is 0 Å². The SMILES string of the molecule is CC(=O)Nc1ccc([As](=O)(O)OO)cc1.O=C(O)c1nc(-c2conc2Br)ccc1Cl. The van der Waals surface area contributed by atoms with Crippen LogP contribution in [0.4, 0.5) is 5.69 Å². The van der Waals surface area contributed by atoms with Gasteiger partial charge in [-0.05, 0) is 28.1 Å². The molecule has 0 fully saturated rings. The van der Waals surface area contributed by atoms with E-state index >= 15 is 0 Å². The molecule has 0 radical (unpaired) electrons. The molecule has 14 heteroatoms. The van der Waals surface area contributed by atoms with Crippen LogP contribution in [0.2, 0.25) is 5.02 Å². The normalized spacial score (nSPS) is 12.3. The Labute approximate surface area is 191 Å². The van der Waals surface area contributed by atoms with Crippen molar-refractivity contribution < 1.29 is 36.2 Å². The van der Waals surface area contributed by atoms with Gasteiger partial charge in [0, 0.05) is 0 Å². The summed E-state index contributed by atoms with van der Waals surface area (Å²) in [7, 11) is 0. The second-order valence-electron chi connectivity index (χ2n) is 5.68. The fourth-order valence-electron chi connectivity index (χ4n) is 2.11. The van der Waals surface area contributed by atoms with E-state index in [2.05, 4.69) is 35.3 Å². The molecule has 1 unspecified atom stereocenters. The molecule has 2 heterocycles. The summed E-state index contributed by atoms with van der Waals surface area (Å²) in [5.74, 6) is -1.42. The van der Waals surface area contributed by atoms with E-state index in [1.54, 1.807) is 6.07 Å². The van der Waals surface area contributed by atoms with Gasteiger partial charge in [0.15, 0.2) is 10.3 Å². The number of rotatable bonds is 5. The van der Waals surface area contributed by atoms with E-state index in [9.17, 15) is 13.3 Å². The van der Waals surface area contributed by atoms with Crippen LogP contribution in [0.25, 0.3) is 11.3 Å². The molecule has 0 spiro atoms. The first kappa shape index (κ1) is 24.8. The molecule has 164 valence electrons. The summed E-state index contributed by atoms with van der Waals surface area (Å²) in [6.07, 6.45) is 1.37. The molecule has 3 aromatic rings. The first-order valence-electron chi connectivity index (χ1n) is 8.09. The van der Waals surface area contributed by atoms with E-state index in [-0.39, 0.29) is 21.0 Å². The van der Waals surface area contributed by atoms with Gasteiger partial charge < -0.3 is 9.63 Å². The number of nitrogens with zero attached hydrogens (tertiary/aromatic N) is 2. The van der Waals surface area contributed by atoms with Crippen LogP contribution in [0.15, 0.2) is 51.8 Å². The summed E-state index contributed by atoms with van der Waals surface area (Å²) in [5, 5.41) is 23.3. The Balaban J connectivity index is 0.000000221. The summed E-state index contributed by atoms with van der Waals surface area (Å²) in [6.45, 7) is 1.35. The van der Waals surface area contributed by atoms with Crippen LogP contribution in [0.5, 0.6) is 0 Å². The van der Waals surface area contributed by atoms with Gasteiger partial charge in [0.05, 0.1) is 16.3 Å². The van der Waals surface area contributed by atoms with Crippen molar-refractivity contribution in [2.45, 2.75) is 6.92 Å². The standard InChI is InChI=1S/C9H4BrClN2O3.C8H10AsNO5/c10-8-4(3-16-13-8)6-2-1-5(11)7(12-6)9(14)15;1-6(11)10-8-4-2-7(3-5-8)9(12,13)15-14/h1-3H,(H,14,15);2-5,14H,1H3,(H,10,11)(H,12,13). The molecule has 2 aromatic heterocycles. The third kappa shape index (κ3) is 6.76. The minimum absolute atomic E-state index is 0.00438. The Morgan fingerprint density at radius 1 is 1.23 bits per heavy atom. The van der Waals surface area contributed by atoms with Crippen LogP contribution in [0.1, 0.15) is 17.4 Å². The number of nitrogens with one attached hydrogen (secondary N) is 1. The van der Waals surface area contributed by atoms with Gasteiger partial charge in [0.25, 0.3) is 0 Å². The number of anilines is 1. The molecule has 0 saturated carbocycles. The molecular weight excluding hydrogens is 564 g/mol. The Morgan fingerprint density at radius 3 is 2.35 bits per heavy atom. The molecule has 31 heavy (non-hydrogen) atoms. The summed E-state index contributed by atoms with van der Waals surface area (Å²) < 4.78 is 29.0. The van der Waals surface area contributed by atoms with Crippen LogP contribution >= 0.6 is 27.5 Å². The molecule has 4 N–H and O–H groups in total. The van der Waals surface area contributed by atoms with Crippen molar-refractivity contribution in [1.82, 2.24) is 10.1 Å². The van der Waals surface area contributed by atoms with Crippen molar-refractivity contribution in [3.05, 3.63) is 58.0 Å². The van der Waals surface area contributed by atoms with E-state index in [0.717, 1.165) is 0 Å². The molecule has 1 aromatic carbocycles. The number of halogens is 2. The fourth-order valence-corrected chi connectivity index (χ4v) is 3.98. The molecule has 0 aliphatic rings. The molecule has 11 nitrogen and oxygen atoms in total. The first-order chi connectivity index (χ1) is 14.5. The van der Waals surface area contributed by atoms with Crippen LogP contribution in [0, 0.1) is 0 Å². The number of aromatic carboxylic acids is 1. The minimum Gasteiger partial charge on any atom is -0.476 e. The number of carbonyl (C=O) groups excluding carboxylic acids is 1. The number of carbonyl (C=O) groups is 2. The topological polar surface area (TPSA) is 172 Å². The quantitative estimate of drug-likeness (QED) is 0.200. The molecule has 3 rings (SSSR count). The first-order valence-corrected chi connectivity index (χ1v) is 12.6. The zero-order valence-electron chi connectivity index (χ0n) is 15.5. The van der Waals surface area contributed by atoms with Crippen molar-refractivity contribution in [2.75, 3.05) is 5.32 Å². The second kappa shape index (κ2) is 10.7. The average molecular weight is 579 g/mol. The Hall–Kier alpha value is -2.47. The van der Waals surface area contributed by atoms with Crippen LogP contribution in [-0.2, 0) is 12.4 Å². The maximum absolute atomic E-state index is 11.2. The second-order valence-corrected chi connectivity index (χ2v) is 10.4. The molecular formula is C17H14AsBrClN3O8. The zero-order chi connectivity index (χ0) is 23.2. The third-order valence-corrected chi connectivity index (χ3v) is 6.81. The smallest absolute Gasteiger partial charge is 0.356 e. The van der Waals surface area contributed by atoms with Crippen LogP contribution in [0.3, 0.4) is 0 Å². The predicted octanol–water partition coefficient (Wildman–Crippen LogP) is 2.55. The molecule has 0 saturated heterocycles. The Morgan fingerprint density at radius 2 is 1.87 bits per heavy atom. The maximum atomic E-state index is 11.2.